The van der Waals surface area contributed by atoms with Gasteiger partial charge in [0.1, 0.15) is 5.75 Å². The van der Waals surface area contributed by atoms with Gasteiger partial charge >= 0.3 is 0 Å². The highest BCUT2D eigenvalue weighted by Crippen LogP contribution is 2.42. The van der Waals surface area contributed by atoms with Gasteiger partial charge in [0, 0.05) is 12.0 Å². The number of benzene rings is 1. The molecule has 0 radical (unpaired) electrons. The van der Waals surface area contributed by atoms with Gasteiger partial charge in [-0.3, -0.25) is 4.79 Å². The summed E-state index contributed by atoms with van der Waals surface area (Å²) in [5.41, 5.74) is 8.19. The number of halogens is 1. The van der Waals surface area contributed by atoms with Gasteiger partial charge in [0.15, 0.2) is 0 Å². The van der Waals surface area contributed by atoms with Gasteiger partial charge in [-0.25, -0.2) is 0 Å². The number of rotatable bonds is 3. The van der Waals surface area contributed by atoms with Crippen molar-refractivity contribution in [3.05, 3.63) is 23.8 Å². The quantitative estimate of drug-likeness (QED) is 0.886. The largest absolute Gasteiger partial charge is 0.495 e. The molecule has 23 heavy (non-hydrogen) atoms. The molecule has 0 aromatic heterocycles. The third-order valence-electron chi connectivity index (χ3n) is 5.40. The first-order valence-electron chi connectivity index (χ1n) is 8.29. The van der Waals surface area contributed by atoms with Crippen molar-refractivity contribution in [2.24, 2.45) is 23.5 Å². The van der Waals surface area contributed by atoms with Crippen LogP contribution in [0.25, 0.3) is 0 Å². The standard InChI is InChI=1S/C18H26N2O2.ClH/c1-11-6-7-15(16(8-11)22-2)20-18(21)14-9-12-4-3-5-13(10-14)17(12)19;/h6-8,12-14,17H,3-5,9-10,19H2,1-2H3,(H,20,21);1H. The molecule has 0 saturated heterocycles. The maximum Gasteiger partial charge on any atom is 0.227 e. The monoisotopic (exact) mass is 338 g/mol. The van der Waals surface area contributed by atoms with Crippen molar-refractivity contribution in [1.29, 1.82) is 0 Å². The molecule has 0 heterocycles. The van der Waals surface area contributed by atoms with E-state index in [-0.39, 0.29) is 24.2 Å². The minimum atomic E-state index is 0. The number of carbonyl (C=O) groups excluding carboxylic acids is 1. The molecule has 128 valence electrons. The number of hydrogen-bond acceptors (Lipinski definition) is 3. The lowest BCUT2D eigenvalue weighted by Gasteiger charge is -2.43. The van der Waals surface area contributed by atoms with Crippen molar-refractivity contribution in [1.82, 2.24) is 0 Å². The number of nitrogens with two attached hydrogens (primary N) is 1. The molecule has 2 unspecified atom stereocenters. The summed E-state index contributed by atoms with van der Waals surface area (Å²) in [6.07, 6.45) is 5.48. The number of fused-ring (bicyclic) bond motifs is 2. The fourth-order valence-electron chi connectivity index (χ4n) is 4.14. The number of nitrogens with one attached hydrogen (secondary N) is 1. The molecular weight excluding hydrogens is 312 g/mol. The Kier molecular flexibility index (Phi) is 5.93. The molecule has 1 aromatic carbocycles. The van der Waals surface area contributed by atoms with Crippen LogP contribution in [0.5, 0.6) is 5.75 Å². The Hall–Kier alpha value is -1.26. The molecule has 4 nitrogen and oxygen atoms in total. The average Bonchev–Trinajstić information content (AvgIpc) is 2.48. The van der Waals surface area contributed by atoms with Gasteiger partial charge < -0.3 is 15.8 Å². The van der Waals surface area contributed by atoms with Crippen LogP contribution in [-0.4, -0.2) is 19.1 Å². The molecule has 2 aliphatic rings. The molecule has 2 aliphatic carbocycles. The molecule has 3 N–H and O–H groups in total. The number of methoxy groups -OCH3 is 1. The Morgan fingerprint density at radius 3 is 2.52 bits per heavy atom. The van der Waals surface area contributed by atoms with Crippen LogP contribution in [0.4, 0.5) is 5.69 Å². The molecule has 2 atom stereocenters. The Morgan fingerprint density at radius 1 is 1.26 bits per heavy atom. The lowest BCUT2D eigenvalue weighted by molar-refractivity contribution is -0.122. The van der Waals surface area contributed by atoms with E-state index in [1.165, 1.54) is 19.3 Å². The van der Waals surface area contributed by atoms with Crippen molar-refractivity contribution in [2.45, 2.75) is 45.1 Å². The lowest BCUT2D eigenvalue weighted by atomic mass is 9.65. The van der Waals surface area contributed by atoms with Gasteiger partial charge in [-0.15, -0.1) is 12.4 Å². The van der Waals surface area contributed by atoms with Crippen LogP contribution < -0.4 is 15.8 Å². The van der Waals surface area contributed by atoms with Crippen LogP contribution in [0, 0.1) is 24.7 Å². The summed E-state index contributed by atoms with van der Waals surface area (Å²) >= 11 is 0. The highest BCUT2D eigenvalue weighted by molar-refractivity contribution is 5.94. The minimum Gasteiger partial charge on any atom is -0.495 e. The second-order valence-electron chi connectivity index (χ2n) is 6.89. The SMILES string of the molecule is COc1cc(C)ccc1NC(=O)C1CC2CCCC(C1)C2N.Cl. The molecule has 5 heteroatoms. The van der Waals surface area contributed by atoms with E-state index in [9.17, 15) is 4.79 Å². The predicted octanol–water partition coefficient (Wildman–Crippen LogP) is 3.52. The lowest BCUT2D eigenvalue weighted by Crippen LogP contribution is -2.48. The zero-order chi connectivity index (χ0) is 15.7. The maximum atomic E-state index is 12.7. The van der Waals surface area contributed by atoms with E-state index < -0.39 is 0 Å². The predicted molar refractivity (Wildman–Crippen MR) is 95.1 cm³/mol. The Balaban J connectivity index is 0.00000192. The molecule has 2 bridgehead atoms. The number of ether oxygens (including phenoxy) is 1. The van der Waals surface area contributed by atoms with Crippen LogP contribution in [0.15, 0.2) is 18.2 Å². The van der Waals surface area contributed by atoms with Crippen molar-refractivity contribution < 1.29 is 9.53 Å². The second-order valence-corrected chi connectivity index (χ2v) is 6.89. The maximum absolute atomic E-state index is 12.7. The van der Waals surface area contributed by atoms with E-state index in [2.05, 4.69) is 5.32 Å². The molecular formula is C18H27ClN2O2. The number of anilines is 1. The van der Waals surface area contributed by atoms with Gasteiger partial charge in [0.25, 0.3) is 0 Å². The van der Waals surface area contributed by atoms with E-state index in [1.807, 2.05) is 25.1 Å². The molecule has 2 fully saturated rings. The summed E-state index contributed by atoms with van der Waals surface area (Å²) in [5, 5.41) is 3.06. The smallest absolute Gasteiger partial charge is 0.227 e. The summed E-state index contributed by atoms with van der Waals surface area (Å²) in [6.45, 7) is 2.01. The summed E-state index contributed by atoms with van der Waals surface area (Å²) in [5.74, 6) is 1.96. The zero-order valence-corrected chi connectivity index (χ0v) is 14.7. The van der Waals surface area contributed by atoms with Crippen LogP contribution >= 0.6 is 12.4 Å². The van der Waals surface area contributed by atoms with Gasteiger partial charge in [-0.05, 0) is 62.1 Å². The topological polar surface area (TPSA) is 64.3 Å². The number of hydrogen-bond donors (Lipinski definition) is 2. The first-order chi connectivity index (χ1) is 10.6. The molecule has 1 amide bonds. The molecule has 3 rings (SSSR count). The molecule has 2 saturated carbocycles. The zero-order valence-electron chi connectivity index (χ0n) is 13.9. The minimum absolute atomic E-state index is 0. The van der Waals surface area contributed by atoms with Crippen LogP contribution in [0.2, 0.25) is 0 Å². The van der Waals surface area contributed by atoms with E-state index in [1.54, 1.807) is 7.11 Å². The fraction of sp³-hybridized carbons (Fsp3) is 0.611. The van der Waals surface area contributed by atoms with E-state index in [0.717, 1.165) is 29.8 Å². The van der Waals surface area contributed by atoms with Gasteiger partial charge in [0.05, 0.1) is 12.8 Å². The third kappa shape index (κ3) is 3.81. The Labute approximate surface area is 144 Å². The fourth-order valence-corrected chi connectivity index (χ4v) is 4.14. The highest BCUT2D eigenvalue weighted by atomic mass is 35.5. The van der Waals surface area contributed by atoms with Crippen molar-refractivity contribution >= 4 is 24.0 Å². The number of aryl methyl sites for hydroxylation is 1. The van der Waals surface area contributed by atoms with Gasteiger partial charge in [0.2, 0.25) is 5.91 Å². The van der Waals surface area contributed by atoms with E-state index in [0.29, 0.717) is 17.9 Å². The normalized spacial score (nSPS) is 29.3. The van der Waals surface area contributed by atoms with E-state index >= 15 is 0 Å². The molecule has 0 spiro atoms. The third-order valence-corrected chi connectivity index (χ3v) is 5.40. The highest BCUT2D eigenvalue weighted by Gasteiger charge is 2.40. The summed E-state index contributed by atoms with van der Waals surface area (Å²) < 4.78 is 5.37. The molecule has 0 aliphatic heterocycles. The van der Waals surface area contributed by atoms with Crippen LogP contribution in [0.3, 0.4) is 0 Å². The van der Waals surface area contributed by atoms with Crippen LogP contribution in [-0.2, 0) is 4.79 Å². The summed E-state index contributed by atoms with van der Waals surface area (Å²) in [7, 11) is 1.63. The first-order valence-corrected chi connectivity index (χ1v) is 8.29. The van der Waals surface area contributed by atoms with E-state index in [4.69, 9.17) is 10.5 Å². The number of carbonyl (C=O) groups is 1. The van der Waals surface area contributed by atoms with Crippen molar-refractivity contribution in [2.75, 3.05) is 12.4 Å². The van der Waals surface area contributed by atoms with Gasteiger partial charge in [-0.2, -0.15) is 0 Å². The van der Waals surface area contributed by atoms with Crippen LogP contribution in [0.1, 0.15) is 37.7 Å². The van der Waals surface area contributed by atoms with Crippen molar-refractivity contribution in [3.8, 4) is 5.75 Å². The van der Waals surface area contributed by atoms with Crippen molar-refractivity contribution in [3.63, 3.8) is 0 Å². The number of amides is 1. The second kappa shape index (κ2) is 7.54. The molecule has 1 aromatic rings. The Morgan fingerprint density at radius 2 is 1.91 bits per heavy atom. The average molecular weight is 339 g/mol. The first kappa shape index (κ1) is 18.1. The summed E-state index contributed by atoms with van der Waals surface area (Å²) in [6, 6.07) is 6.15. The van der Waals surface area contributed by atoms with Gasteiger partial charge in [-0.1, -0.05) is 12.5 Å². The Bertz CT molecular complexity index is 550. The summed E-state index contributed by atoms with van der Waals surface area (Å²) in [4.78, 5) is 12.7.